The lowest BCUT2D eigenvalue weighted by atomic mass is 10.0. The summed E-state index contributed by atoms with van der Waals surface area (Å²) >= 11 is 1.25. The molecule has 1 N–H and O–H groups in total. The predicted octanol–water partition coefficient (Wildman–Crippen LogP) is 2.78. The quantitative estimate of drug-likeness (QED) is 0.484. The molecule has 0 aliphatic heterocycles. The van der Waals surface area contributed by atoms with Crippen LogP contribution in [0, 0.1) is 11.7 Å². The van der Waals surface area contributed by atoms with E-state index in [1.54, 1.807) is 23.0 Å². The number of nitrogens with zero attached hydrogens (tertiary/aromatic N) is 4. The van der Waals surface area contributed by atoms with Gasteiger partial charge in [-0.05, 0) is 37.1 Å². The fraction of sp³-hybridized carbons (Fsp3) is 0.316. The van der Waals surface area contributed by atoms with Crippen LogP contribution in [0.2, 0.25) is 0 Å². The third kappa shape index (κ3) is 4.36. The number of aromatic nitrogens is 4. The number of amides is 1. The van der Waals surface area contributed by atoms with Gasteiger partial charge >= 0.3 is 0 Å². The van der Waals surface area contributed by atoms with Gasteiger partial charge in [0.1, 0.15) is 17.2 Å². The second-order valence-electron chi connectivity index (χ2n) is 6.64. The van der Waals surface area contributed by atoms with Gasteiger partial charge in [0.15, 0.2) is 11.4 Å². The first kappa shape index (κ1) is 19.9. The number of benzene rings is 1. The zero-order valence-electron chi connectivity index (χ0n) is 15.7. The Morgan fingerprint density at radius 2 is 1.93 bits per heavy atom. The number of carbonyl (C=O) groups excluding carboxylic acids is 2. The van der Waals surface area contributed by atoms with E-state index in [4.69, 9.17) is 0 Å². The number of nitrogens with one attached hydrogen (secondary N) is 1. The molecule has 7 nitrogen and oxygen atoms in total. The second-order valence-corrected chi connectivity index (χ2v) is 7.60. The minimum atomic E-state index is -0.500. The van der Waals surface area contributed by atoms with Crippen LogP contribution in [0.1, 0.15) is 20.8 Å². The van der Waals surface area contributed by atoms with Crippen LogP contribution in [0.15, 0.2) is 41.8 Å². The molecule has 9 heteroatoms. The van der Waals surface area contributed by atoms with Crippen LogP contribution in [0.5, 0.6) is 0 Å². The number of hydrogen-bond donors (Lipinski definition) is 1. The van der Waals surface area contributed by atoms with Crippen molar-refractivity contribution in [1.29, 1.82) is 0 Å². The Hall–Kier alpha value is -2.81. The van der Waals surface area contributed by atoms with Gasteiger partial charge in [0.05, 0.1) is 29.1 Å². The molecule has 0 fully saturated rings. The van der Waals surface area contributed by atoms with Crippen LogP contribution in [0.25, 0.3) is 16.7 Å². The average molecular weight is 401 g/mol. The molecule has 0 radical (unpaired) electrons. The van der Waals surface area contributed by atoms with E-state index in [9.17, 15) is 14.0 Å². The SMILES string of the molecule is CC(=O)C(NC(=O)CSc1ncnc2c1cnn2-c1ccc(F)cc1)C(C)C. The number of fused-ring (bicyclic) bond motifs is 1. The van der Waals surface area contributed by atoms with Gasteiger partial charge in [0, 0.05) is 0 Å². The fourth-order valence-corrected chi connectivity index (χ4v) is 3.57. The van der Waals surface area contributed by atoms with E-state index >= 15 is 0 Å². The molecule has 1 aromatic carbocycles. The minimum absolute atomic E-state index is 0.0196. The van der Waals surface area contributed by atoms with E-state index in [1.165, 1.54) is 37.1 Å². The average Bonchev–Trinajstić information content (AvgIpc) is 3.09. The Bertz CT molecular complexity index is 1000. The number of rotatable bonds is 7. The van der Waals surface area contributed by atoms with Gasteiger partial charge in [0.25, 0.3) is 0 Å². The molecule has 0 saturated carbocycles. The zero-order chi connectivity index (χ0) is 20.3. The highest BCUT2D eigenvalue weighted by molar-refractivity contribution is 8.00. The number of ketones is 1. The molecule has 1 atom stereocenters. The number of hydrogen-bond acceptors (Lipinski definition) is 6. The van der Waals surface area contributed by atoms with E-state index < -0.39 is 6.04 Å². The van der Waals surface area contributed by atoms with Gasteiger partial charge in [-0.25, -0.2) is 19.0 Å². The molecule has 0 aliphatic carbocycles. The highest BCUT2D eigenvalue weighted by Crippen LogP contribution is 2.25. The second kappa shape index (κ2) is 8.47. The van der Waals surface area contributed by atoms with Crippen molar-refractivity contribution in [1.82, 2.24) is 25.1 Å². The van der Waals surface area contributed by atoms with E-state index in [1.807, 2.05) is 13.8 Å². The van der Waals surface area contributed by atoms with Crippen molar-refractivity contribution in [3.8, 4) is 5.69 Å². The van der Waals surface area contributed by atoms with Crippen molar-refractivity contribution in [2.24, 2.45) is 5.92 Å². The van der Waals surface area contributed by atoms with E-state index in [0.717, 1.165) is 0 Å². The highest BCUT2D eigenvalue weighted by Gasteiger charge is 2.21. The van der Waals surface area contributed by atoms with Crippen LogP contribution in [0.3, 0.4) is 0 Å². The topological polar surface area (TPSA) is 89.8 Å². The van der Waals surface area contributed by atoms with Gasteiger partial charge in [-0.3, -0.25) is 9.59 Å². The van der Waals surface area contributed by atoms with Gasteiger partial charge in [-0.2, -0.15) is 5.10 Å². The summed E-state index contributed by atoms with van der Waals surface area (Å²) in [5.74, 6) is -0.506. The highest BCUT2D eigenvalue weighted by atomic mass is 32.2. The molecule has 0 spiro atoms. The van der Waals surface area contributed by atoms with E-state index in [0.29, 0.717) is 21.7 Å². The van der Waals surface area contributed by atoms with Crippen LogP contribution >= 0.6 is 11.8 Å². The molecule has 0 aliphatic rings. The fourth-order valence-electron chi connectivity index (χ4n) is 2.80. The van der Waals surface area contributed by atoms with Crippen molar-refractivity contribution in [2.45, 2.75) is 31.8 Å². The van der Waals surface area contributed by atoms with Crippen molar-refractivity contribution in [3.05, 3.63) is 42.6 Å². The molecule has 146 valence electrons. The molecule has 1 amide bonds. The summed E-state index contributed by atoms with van der Waals surface area (Å²) in [5.41, 5.74) is 1.23. The Kier molecular flexibility index (Phi) is 6.03. The monoisotopic (exact) mass is 401 g/mol. The molecule has 2 aromatic heterocycles. The van der Waals surface area contributed by atoms with Gasteiger partial charge < -0.3 is 5.32 Å². The molecule has 3 aromatic rings. The molecule has 1 unspecified atom stereocenters. The van der Waals surface area contributed by atoms with Crippen LogP contribution in [-0.4, -0.2) is 43.2 Å². The third-order valence-corrected chi connectivity index (χ3v) is 5.17. The summed E-state index contributed by atoms with van der Waals surface area (Å²) in [4.78, 5) is 32.4. The molecule has 3 rings (SSSR count). The number of thioether (sulfide) groups is 1. The third-order valence-electron chi connectivity index (χ3n) is 4.16. The Morgan fingerprint density at radius 1 is 1.21 bits per heavy atom. The summed E-state index contributed by atoms with van der Waals surface area (Å²) in [6.45, 7) is 5.24. The van der Waals surface area contributed by atoms with Crippen LogP contribution in [0.4, 0.5) is 4.39 Å². The molecular formula is C19H20FN5O2S. The lowest BCUT2D eigenvalue weighted by Crippen LogP contribution is -2.44. The van der Waals surface area contributed by atoms with Gasteiger partial charge in [-0.15, -0.1) is 0 Å². The van der Waals surface area contributed by atoms with Gasteiger partial charge in [0.2, 0.25) is 5.91 Å². The zero-order valence-corrected chi connectivity index (χ0v) is 16.5. The number of halogens is 1. The summed E-state index contributed by atoms with van der Waals surface area (Å²) in [6, 6.07) is 5.42. The lowest BCUT2D eigenvalue weighted by Gasteiger charge is -2.19. The summed E-state index contributed by atoms with van der Waals surface area (Å²) in [7, 11) is 0. The first-order chi connectivity index (χ1) is 13.4. The first-order valence-corrected chi connectivity index (χ1v) is 9.72. The van der Waals surface area contributed by atoms with Crippen molar-refractivity contribution >= 4 is 34.5 Å². The van der Waals surface area contributed by atoms with Crippen LogP contribution in [-0.2, 0) is 9.59 Å². The molecule has 0 saturated heterocycles. The van der Waals surface area contributed by atoms with Gasteiger partial charge in [-0.1, -0.05) is 25.6 Å². The standard InChI is InChI=1S/C19H20FN5O2S/c1-11(2)17(12(3)26)24-16(27)9-28-19-15-8-23-25(18(15)21-10-22-19)14-6-4-13(20)5-7-14/h4-8,10-11,17H,9H2,1-3H3,(H,24,27). The van der Waals surface area contributed by atoms with Crippen molar-refractivity contribution in [3.63, 3.8) is 0 Å². The minimum Gasteiger partial charge on any atom is -0.345 e. The summed E-state index contributed by atoms with van der Waals surface area (Å²) in [6.07, 6.45) is 3.02. The normalized spacial score (nSPS) is 12.3. The lowest BCUT2D eigenvalue weighted by molar-refractivity contribution is -0.126. The van der Waals surface area contributed by atoms with Crippen molar-refractivity contribution in [2.75, 3.05) is 5.75 Å². The smallest absolute Gasteiger partial charge is 0.231 e. The maximum absolute atomic E-state index is 13.2. The molecular weight excluding hydrogens is 381 g/mol. The maximum Gasteiger partial charge on any atom is 0.231 e. The number of Topliss-reactive ketones (excluding diaryl/α,β-unsaturated/α-hetero) is 1. The molecule has 28 heavy (non-hydrogen) atoms. The van der Waals surface area contributed by atoms with Crippen LogP contribution < -0.4 is 5.32 Å². The predicted molar refractivity (Wildman–Crippen MR) is 105 cm³/mol. The summed E-state index contributed by atoms with van der Waals surface area (Å²) in [5, 5.41) is 8.37. The number of carbonyl (C=O) groups is 2. The van der Waals surface area contributed by atoms with E-state index in [2.05, 4.69) is 20.4 Å². The maximum atomic E-state index is 13.2. The largest absolute Gasteiger partial charge is 0.345 e. The summed E-state index contributed by atoms with van der Waals surface area (Å²) < 4.78 is 14.7. The Balaban J connectivity index is 1.76. The molecule has 2 heterocycles. The van der Waals surface area contributed by atoms with E-state index in [-0.39, 0.29) is 29.2 Å². The van der Waals surface area contributed by atoms with Crippen molar-refractivity contribution < 1.29 is 14.0 Å². The Labute approximate surface area is 165 Å². The Morgan fingerprint density at radius 3 is 2.57 bits per heavy atom. The molecule has 0 bridgehead atoms. The first-order valence-electron chi connectivity index (χ1n) is 8.74.